The predicted molar refractivity (Wildman–Crippen MR) is 93.1 cm³/mol. The topological polar surface area (TPSA) is 106 Å². The van der Waals surface area contributed by atoms with Crippen LogP contribution in [0.4, 0.5) is 17.1 Å². The minimum absolute atomic E-state index is 0.0768. The third kappa shape index (κ3) is 3.23. The molecule has 0 fully saturated rings. The lowest BCUT2D eigenvalue weighted by molar-refractivity contribution is -0.384. The van der Waals surface area contributed by atoms with Crippen LogP contribution in [0.25, 0.3) is 5.69 Å². The van der Waals surface area contributed by atoms with E-state index in [1.54, 1.807) is 32.0 Å². The van der Waals surface area contributed by atoms with Crippen LogP contribution < -0.4 is 5.56 Å². The molecule has 0 aliphatic carbocycles. The van der Waals surface area contributed by atoms with Crippen molar-refractivity contribution in [2.24, 2.45) is 10.2 Å². The van der Waals surface area contributed by atoms with Crippen molar-refractivity contribution in [2.45, 2.75) is 13.8 Å². The molecule has 0 amide bonds. The molecule has 2 aromatic carbocycles. The average molecular weight is 337 g/mol. The van der Waals surface area contributed by atoms with E-state index in [1.807, 2.05) is 18.2 Å². The number of non-ortho nitro benzene ring substituents is 1. The van der Waals surface area contributed by atoms with Crippen molar-refractivity contribution < 1.29 is 4.92 Å². The molecule has 3 aromatic rings. The van der Waals surface area contributed by atoms with Crippen molar-refractivity contribution in [3.05, 3.63) is 80.3 Å². The highest BCUT2D eigenvalue weighted by Gasteiger charge is 2.13. The summed E-state index contributed by atoms with van der Waals surface area (Å²) in [7, 11) is 0. The van der Waals surface area contributed by atoms with Gasteiger partial charge in [-0.3, -0.25) is 20.0 Å². The molecule has 0 aliphatic rings. The van der Waals surface area contributed by atoms with Crippen LogP contribution in [0.3, 0.4) is 0 Å². The molecule has 0 bridgehead atoms. The van der Waals surface area contributed by atoms with Crippen molar-refractivity contribution in [1.29, 1.82) is 0 Å². The van der Waals surface area contributed by atoms with Gasteiger partial charge in [-0.15, -0.1) is 10.2 Å². The van der Waals surface area contributed by atoms with Crippen molar-refractivity contribution >= 4 is 17.1 Å². The Labute approximate surface area is 142 Å². The minimum Gasteiger partial charge on any atom is -0.293 e. The highest BCUT2D eigenvalue weighted by molar-refractivity contribution is 5.53. The first kappa shape index (κ1) is 16.3. The number of H-pyrrole nitrogens is 1. The summed E-state index contributed by atoms with van der Waals surface area (Å²) in [6, 6.07) is 13.4. The minimum atomic E-state index is -0.498. The molecule has 3 rings (SSSR count). The van der Waals surface area contributed by atoms with Gasteiger partial charge in [0, 0.05) is 12.1 Å². The Hall–Kier alpha value is -3.55. The fourth-order valence-electron chi connectivity index (χ4n) is 2.34. The molecule has 0 radical (unpaired) electrons. The maximum atomic E-state index is 12.5. The van der Waals surface area contributed by atoms with E-state index in [0.717, 1.165) is 5.56 Å². The lowest BCUT2D eigenvalue weighted by atomic mass is 10.2. The molecule has 0 atom stereocenters. The summed E-state index contributed by atoms with van der Waals surface area (Å²) in [4.78, 5) is 22.9. The predicted octanol–water partition coefficient (Wildman–Crippen LogP) is 4.11. The van der Waals surface area contributed by atoms with Crippen LogP contribution in [0.1, 0.15) is 11.3 Å². The van der Waals surface area contributed by atoms with Crippen LogP contribution in [0.5, 0.6) is 0 Å². The van der Waals surface area contributed by atoms with Gasteiger partial charge in [-0.2, -0.15) is 0 Å². The number of rotatable bonds is 4. The molecule has 0 unspecified atom stereocenters. The normalized spacial score (nSPS) is 11.1. The van der Waals surface area contributed by atoms with E-state index in [-0.39, 0.29) is 16.9 Å². The number of azo groups is 1. The van der Waals surface area contributed by atoms with E-state index in [4.69, 9.17) is 0 Å². The van der Waals surface area contributed by atoms with Gasteiger partial charge in [-0.25, -0.2) is 4.68 Å². The Morgan fingerprint density at radius 2 is 1.80 bits per heavy atom. The Kier molecular flexibility index (Phi) is 4.25. The van der Waals surface area contributed by atoms with E-state index in [1.165, 1.54) is 16.8 Å². The summed E-state index contributed by atoms with van der Waals surface area (Å²) in [6.45, 7) is 3.49. The number of nitro benzene ring substituents is 1. The van der Waals surface area contributed by atoms with Gasteiger partial charge in [0.25, 0.3) is 11.2 Å². The molecular formula is C17H15N5O3. The molecule has 126 valence electrons. The molecule has 1 N–H and O–H groups in total. The summed E-state index contributed by atoms with van der Waals surface area (Å²) in [5.41, 5.74) is 2.06. The molecule has 0 aliphatic heterocycles. The Bertz CT molecular complexity index is 1020. The van der Waals surface area contributed by atoms with E-state index in [0.29, 0.717) is 17.1 Å². The number of aromatic amines is 1. The lowest BCUT2D eigenvalue weighted by Crippen LogP contribution is -2.13. The number of aryl methyl sites for hydroxylation is 2. The molecule has 25 heavy (non-hydrogen) atoms. The molecule has 1 aromatic heterocycles. The van der Waals surface area contributed by atoms with Gasteiger partial charge in [-0.1, -0.05) is 24.3 Å². The molecule has 1 heterocycles. The maximum Gasteiger partial charge on any atom is 0.299 e. The zero-order valence-corrected chi connectivity index (χ0v) is 13.6. The Morgan fingerprint density at radius 3 is 2.48 bits per heavy atom. The smallest absolute Gasteiger partial charge is 0.293 e. The molecule has 0 saturated heterocycles. The number of hydrogen-bond acceptors (Lipinski definition) is 5. The second kappa shape index (κ2) is 6.52. The largest absolute Gasteiger partial charge is 0.299 e. The molecule has 8 heteroatoms. The first-order valence-electron chi connectivity index (χ1n) is 7.51. The van der Waals surface area contributed by atoms with Crippen LogP contribution in [-0.2, 0) is 0 Å². The third-order valence-electron chi connectivity index (χ3n) is 3.72. The number of hydrogen-bond donors (Lipinski definition) is 1. The van der Waals surface area contributed by atoms with E-state index >= 15 is 0 Å². The maximum absolute atomic E-state index is 12.5. The summed E-state index contributed by atoms with van der Waals surface area (Å²) < 4.78 is 1.38. The van der Waals surface area contributed by atoms with Gasteiger partial charge < -0.3 is 0 Å². The summed E-state index contributed by atoms with van der Waals surface area (Å²) >= 11 is 0. The van der Waals surface area contributed by atoms with Crippen LogP contribution in [0.15, 0.2) is 63.6 Å². The van der Waals surface area contributed by atoms with Crippen LogP contribution in [-0.4, -0.2) is 14.7 Å². The van der Waals surface area contributed by atoms with Crippen molar-refractivity contribution in [1.82, 2.24) is 9.78 Å². The zero-order valence-electron chi connectivity index (χ0n) is 13.6. The van der Waals surface area contributed by atoms with Crippen molar-refractivity contribution in [3.63, 3.8) is 0 Å². The average Bonchev–Trinajstić information content (AvgIpc) is 2.89. The van der Waals surface area contributed by atoms with Crippen LogP contribution in [0.2, 0.25) is 0 Å². The van der Waals surface area contributed by atoms with Gasteiger partial charge in [0.1, 0.15) is 0 Å². The SMILES string of the molecule is Cc1ccc([N+](=O)[O-])cc1N=Nc1c(C)[nH]n(-c2ccccc2)c1=O. The first-order chi connectivity index (χ1) is 12.0. The fourth-order valence-corrected chi connectivity index (χ4v) is 2.34. The van der Waals surface area contributed by atoms with Gasteiger partial charge in [-0.05, 0) is 31.5 Å². The number of aromatic nitrogens is 2. The summed E-state index contributed by atoms with van der Waals surface area (Å²) in [5, 5.41) is 21.9. The van der Waals surface area contributed by atoms with E-state index < -0.39 is 4.92 Å². The quantitative estimate of drug-likeness (QED) is 0.440. The third-order valence-corrected chi connectivity index (χ3v) is 3.72. The molecular weight excluding hydrogens is 322 g/mol. The van der Waals surface area contributed by atoms with Gasteiger partial charge in [0.2, 0.25) is 0 Å². The fraction of sp³-hybridized carbons (Fsp3) is 0.118. The van der Waals surface area contributed by atoms with Gasteiger partial charge in [0.05, 0.1) is 22.0 Å². The van der Waals surface area contributed by atoms with Gasteiger partial charge in [0.15, 0.2) is 5.69 Å². The monoisotopic (exact) mass is 337 g/mol. The summed E-state index contributed by atoms with van der Waals surface area (Å²) in [6.07, 6.45) is 0. The second-order valence-electron chi connectivity index (χ2n) is 5.49. The Morgan fingerprint density at radius 1 is 1.08 bits per heavy atom. The molecule has 0 spiro atoms. The molecule has 0 saturated carbocycles. The number of nitrogens with zero attached hydrogens (tertiary/aromatic N) is 4. The zero-order chi connectivity index (χ0) is 18.0. The van der Waals surface area contributed by atoms with E-state index in [2.05, 4.69) is 15.3 Å². The standard InChI is InChI=1S/C17H15N5O3/c1-11-8-9-14(22(24)25)10-15(11)18-19-16-12(2)20-21(17(16)23)13-6-4-3-5-7-13/h3-10,20H,1-2H3. The van der Waals surface area contributed by atoms with Crippen molar-refractivity contribution in [2.75, 3.05) is 0 Å². The van der Waals surface area contributed by atoms with Gasteiger partial charge >= 0.3 is 0 Å². The van der Waals surface area contributed by atoms with Crippen LogP contribution in [0, 0.1) is 24.0 Å². The Balaban J connectivity index is 2.01. The highest BCUT2D eigenvalue weighted by Crippen LogP contribution is 2.26. The van der Waals surface area contributed by atoms with E-state index in [9.17, 15) is 14.9 Å². The number of nitrogens with one attached hydrogen (secondary N) is 1. The molecule has 8 nitrogen and oxygen atoms in total. The second-order valence-corrected chi connectivity index (χ2v) is 5.49. The summed E-state index contributed by atoms with van der Waals surface area (Å²) in [5.74, 6) is 0. The number of nitro groups is 1. The number of para-hydroxylation sites is 1. The van der Waals surface area contributed by atoms with Crippen molar-refractivity contribution in [3.8, 4) is 5.69 Å². The number of benzene rings is 2. The lowest BCUT2D eigenvalue weighted by Gasteiger charge is -1.99. The van der Waals surface area contributed by atoms with Crippen LogP contribution >= 0.6 is 0 Å². The first-order valence-corrected chi connectivity index (χ1v) is 7.51. The highest BCUT2D eigenvalue weighted by atomic mass is 16.6.